The second-order valence-corrected chi connectivity index (χ2v) is 8.01. The largest absolute Gasteiger partial charge is 0.497 e. The van der Waals surface area contributed by atoms with Gasteiger partial charge in [0.05, 0.1) is 17.9 Å². The smallest absolute Gasteiger partial charge is 0.232 e. The molecule has 0 spiro atoms. The normalized spacial score (nSPS) is 16.4. The summed E-state index contributed by atoms with van der Waals surface area (Å²) in [5.74, 6) is -0.00158. The molecule has 0 saturated heterocycles. The average Bonchev–Trinajstić information content (AvgIpc) is 2.86. The molecular formula is C20H27N3O3S. The van der Waals surface area contributed by atoms with Gasteiger partial charge in [0.2, 0.25) is 11.8 Å². The molecule has 7 heteroatoms. The van der Waals surface area contributed by atoms with Crippen molar-refractivity contribution in [2.45, 2.75) is 57.4 Å². The molecule has 1 aliphatic rings. The SMILES string of the molecule is COc1ccc(NC(=O)C(C)c2sc(NC3CCCCCC3)nc2O)cc1. The Morgan fingerprint density at radius 1 is 1.22 bits per heavy atom. The van der Waals surface area contributed by atoms with Gasteiger partial charge in [-0.05, 0) is 44.0 Å². The van der Waals surface area contributed by atoms with E-state index >= 15 is 0 Å². The van der Waals surface area contributed by atoms with Gasteiger partial charge in [0.1, 0.15) is 5.75 Å². The van der Waals surface area contributed by atoms with Gasteiger partial charge >= 0.3 is 0 Å². The van der Waals surface area contributed by atoms with Crippen LogP contribution < -0.4 is 15.4 Å². The highest BCUT2D eigenvalue weighted by Crippen LogP contribution is 2.36. The van der Waals surface area contributed by atoms with Crippen molar-refractivity contribution in [1.29, 1.82) is 0 Å². The predicted molar refractivity (Wildman–Crippen MR) is 109 cm³/mol. The second-order valence-electron chi connectivity index (χ2n) is 6.98. The first-order valence-corrected chi connectivity index (χ1v) is 10.3. The minimum atomic E-state index is -0.491. The number of benzene rings is 1. The third-order valence-corrected chi connectivity index (χ3v) is 6.12. The molecule has 1 atom stereocenters. The van der Waals surface area contributed by atoms with E-state index in [1.165, 1.54) is 37.0 Å². The quantitative estimate of drug-likeness (QED) is 0.622. The summed E-state index contributed by atoms with van der Waals surface area (Å²) in [5.41, 5.74) is 0.688. The lowest BCUT2D eigenvalue weighted by molar-refractivity contribution is -0.117. The molecule has 0 aliphatic heterocycles. The summed E-state index contributed by atoms with van der Waals surface area (Å²) >= 11 is 1.36. The molecule has 3 rings (SSSR count). The number of nitrogens with one attached hydrogen (secondary N) is 2. The number of amides is 1. The maximum absolute atomic E-state index is 12.6. The Balaban J connectivity index is 1.63. The highest BCUT2D eigenvalue weighted by atomic mass is 32.1. The van der Waals surface area contributed by atoms with Gasteiger partial charge in [-0.2, -0.15) is 4.98 Å². The van der Waals surface area contributed by atoms with Crippen LogP contribution in [0.25, 0.3) is 0 Å². The number of methoxy groups -OCH3 is 1. The Hall–Kier alpha value is -2.28. The Morgan fingerprint density at radius 2 is 1.89 bits per heavy atom. The molecule has 1 aromatic heterocycles. The van der Waals surface area contributed by atoms with Gasteiger partial charge in [-0.15, -0.1) is 0 Å². The van der Waals surface area contributed by atoms with Crippen LogP contribution in [0.15, 0.2) is 24.3 Å². The molecule has 1 unspecified atom stereocenters. The molecule has 0 bridgehead atoms. The van der Waals surface area contributed by atoms with Crippen LogP contribution in [0.4, 0.5) is 10.8 Å². The summed E-state index contributed by atoms with van der Waals surface area (Å²) in [4.78, 5) is 17.4. The zero-order valence-corrected chi connectivity index (χ0v) is 16.6. The number of aromatic hydroxyl groups is 1. The van der Waals surface area contributed by atoms with Crippen molar-refractivity contribution >= 4 is 28.1 Å². The zero-order chi connectivity index (χ0) is 19.2. The maximum atomic E-state index is 12.6. The van der Waals surface area contributed by atoms with Crippen LogP contribution in [-0.4, -0.2) is 29.1 Å². The van der Waals surface area contributed by atoms with Crippen LogP contribution in [0.2, 0.25) is 0 Å². The minimum Gasteiger partial charge on any atom is -0.497 e. The molecule has 3 N–H and O–H groups in total. The maximum Gasteiger partial charge on any atom is 0.232 e. The van der Waals surface area contributed by atoms with Crippen molar-refractivity contribution in [3.8, 4) is 11.6 Å². The van der Waals surface area contributed by atoms with E-state index in [-0.39, 0.29) is 11.8 Å². The number of hydrogen-bond donors (Lipinski definition) is 3. The number of rotatable bonds is 6. The van der Waals surface area contributed by atoms with E-state index in [9.17, 15) is 9.90 Å². The summed E-state index contributed by atoms with van der Waals surface area (Å²) in [6.07, 6.45) is 7.28. The summed E-state index contributed by atoms with van der Waals surface area (Å²) in [7, 11) is 1.60. The number of thiazole rings is 1. The lowest BCUT2D eigenvalue weighted by Gasteiger charge is -2.14. The topological polar surface area (TPSA) is 83.5 Å². The van der Waals surface area contributed by atoms with E-state index < -0.39 is 5.92 Å². The summed E-state index contributed by atoms with van der Waals surface area (Å²) in [6, 6.07) is 7.55. The first-order chi connectivity index (χ1) is 13.1. The van der Waals surface area contributed by atoms with Gasteiger partial charge in [0.25, 0.3) is 0 Å². The minimum absolute atomic E-state index is 0.0616. The van der Waals surface area contributed by atoms with Gasteiger partial charge in [-0.25, -0.2) is 0 Å². The van der Waals surface area contributed by atoms with E-state index in [0.717, 1.165) is 18.6 Å². The molecule has 1 heterocycles. The van der Waals surface area contributed by atoms with Crippen LogP contribution in [0.1, 0.15) is 56.2 Å². The fourth-order valence-corrected chi connectivity index (χ4v) is 4.30. The highest BCUT2D eigenvalue weighted by molar-refractivity contribution is 7.16. The summed E-state index contributed by atoms with van der Waals surface area (Å²) in [6.45, 7) is 1.78. The molecule has 1 saturated carbocycles. The fraction of sp³-hybridized carbons (Fsp3) is 0.500. The number of carbonyl (C=O) groups is 1. The van der Waals surface area contributed by atoms with Gasteiger partial charge in [-0.1, -0.05) is 37.0 Å². The van der Waals surface area contributed by atoms with E-state index in [1.54, 1.807) is 38.3 Å². The highest BCUT2D eigenvalue weighted by Gasteiger charge is 2.24. The third kappa shape index (κ3) is 5.13. The van der Waals surface area contributed by atoms with E-state index in [1.807, 2.05) is 0 Å². The fourth-order valence-electron chi connectivity index (χ4n) is 3.31. The number of ether oxygens (including phenoxy) is 1. The Morgan fingerprint density at radius 3 is 2.52 bits per heavy atom. The van der Waals surface area contributed by atoms with Crippen molar-refractivity contribution < 1.29 is 14.6 Å². The molecule has 0 radical (unpaired) electrons. The van der Waals surface area contributed by atoms with Gasteiger partial charge in [-0.3, -0.25) is 4.79 Å². The zero-order valence-electron chi connectivity index (χ0n) is 15.8. The molecule has 1 amide bonds. The van der Waals surface area contributed by atoms with Gasteiger partial charge < -0.3 is 20.5 Å². The number of aromatic nitrogens is 1. The van der Waals surface area contributed by atoms with Crippen LogP contribution in [0.5, 0.6) is 11.6 Å². The first kappa shape index (κ1) is 19.5. The Labute approximate surface area is 164 Å². The summed E-state index contributed by atoms with van der Waals surface area (Å²) in [5, 5.41) is 17.2. The molecule has 2 aromatic rings. The standard InChI is InChI=1S/C20H27N3O3S/c1-13(18(24)21-15-9-11-16(26-2)12-10-15)17-19(25)23-20(27-17)22-14-7-5-3-4-6-8-14/h9-14,25H,3-8H2,1-2H3,(H,21,24)(H,22,23). The van der Waals surface area contributed by atoms with Crippen LogP contribution in [-0.2, 0) is 4.79 Å². The molecular weight excluding hydrogens is 362 g/mol. The first-order valence-electron chi connectivity index (χ1n) is 9.48. The Kier molecular flexibility index (Phi) is 6.55. The van der Waals surface area contributed by atoms with E-state index in [0.29, 0.717) is 21.7 Å². The van der Waals surface area contributed by atoms with Crippen molar-refractivity contribution in [2.75, 3.05) is 17.7 Å². The lowest BCUT2D eigenvalue weighted by Crippen LogP contribution is -2.18. The van der Waals surface area contributed by atoms with Crippen molar-refractivity contribution in [1.82, 2.24) is 4.98 Å². The molecule has 6 nitrogen and oxygen atoms in total. The third-order valence-electron chi connectivity index (χ3n) is 4.96. The lowest BCUT2D eigenvalue weighted by atomic mass is 10.1. The molecule has 146 valence electrons. The number of carbonyl (C=O) groups excluding carboxylic acids is 1. The second kappa shape index (κ2) is 9.08. The van der Waals surface area contributed by atoms with E-state index in [4.69, 9.17) is 4.74 Å². The van der Waals surface area contributed by atoms with Crippen molar-refractivity contribution in [2.24, 2.45) is 0 Å². The number of nitrogens with zero attached hydrogens (tertiary/aromatic N) is 1. The summed E-state index contributed by atoms with van der Waals surface area (Å²) < 4.78 is 5.12. The van der Waals surface area contributed by atoms with Crippen LogP contribution in [0.3, 0.4) is 0 Å². The number of hydrogen-bond acceptors (Lipinski definition) is 6. The van der Waals surface area contributed by atoms with Crippen LogP contribution >= 0.6 is 11.3 Å². The van der Waals surface area contributed by atoms with Crippen molar-refractivity contribution in [3.05, 3.63) is 29.1 Å². The number of anilines is 2. The Bertz CT molecular complexity index is 752. The van der Waals surface area contributed by atoms with Crippen LogP contribution in [0, 0.1) is 0 Å². The molecule has 1 aromatic carbocycles. The van der Waals surface area contributed by atoms with Gasteiger partial charge in [0.15, 0.2) is 5.13 Å². The van der Waals surface area contributed by atoms with E-state index in [2.05, 4.69) is 15.6 Å². The monoisotopic (exact) mass is 389 g/mol. The van der Waals surface area contributed by atoms with Crippen molar-refractivity contribution in [3.63, 3.8) is 0 Å². The molecule has 1 fully saturated rings. The molecule has 1 aliphatic carbocycles. The average molecular weight is 390 g/mol. The van der Waals surface area contributed by atoms with Gasteiger partial charge in [0, 0.05) is 11.7 Å². The molecule has 27 heavy (non-hydrogen) atoms. The predicted octanol–water partition coefficient (Wildman–Crippen LogP) is 4.73.